The standard InChI is InChI=1S/C21H25N3O3S/c1-4-24-20-13-16(23-28(25,26)6-3)9-12-18(20)19(14-22)21(24)15-7-10-17(11-8-15)27-5-2/h7-13,19,21,23H,4-6H2,1-3H3. The van der Waals surface area contributed by atoms with Gasteiger partial charge in [0.25, 0.3) is 0 Å². The Hall–Kier alpha value is -2.72. The molecule has 7 heteroatoms. The largest absolute Gasteiger partial charge is 0.494 e. The summed E-state index contributed by atoms with van der Waals surface area (Å²) in [6, 6.07) is 15.6. The summed E-state index contributed by atoms with van der Waals surface area (Å²) in [5, 5.41) is 9.88. The Morgan fingerprint density at radius 2 is 1.86 bits per heavy atom. The fraction of sp³-hybridized carbons (Fsp3) is 0.381. The van der Waals surface area contributed by atoms with E-state index in [1.807, 2.05) is 50.2 Å². The summed E-state index contributed by atoms with van der Waals surface area (Å²) in [6.45, 7) is 6.88. The van der Waals surface area contributed by atoms with E-state index in [9.17, 15) is 13.7 Å². The molecule has 1 aliphatic rings. The van der Waals surface area contributed by atoms with Gasteiger partial charge in [0.15, 0.2) is 0 Å². The lowest BCUT2D eigenvalue weighted by atomic mass is 9.91. The van der Waals surface area contributed by atoms with Gasteiger partial charge in [-0.2, -0.15) is 5.26 Å². The van der Waals surface area contributed by atoms with Crippen LogP contribution in [0.4, 0.5) is 11.4 Å². The Bertz CT molecular complexity index is 981. The van der Waals surface area contributed by atoms with Gasteiger partial charge in [-0.15, -0.1) is 0 Å². The van der Waals surface area contributed by atoms with Crippen molar-refractivity contribution < 1.29 is 13.2 Å². The van der Waals surface area contributed by atoms with Crippen molar-refractivity contribution in [2.45, 2.75) is 32.7 Å². The average Bonchev–Trinajstić information content (AvgIpc) is 3.01. The number of benzene rings is 2. The van der Waals surface area contributed by atoms with Crippen LogP contribution in [0.2, 0.25) is 0 Å². The second kappa shape index (κ2) is 8.11. The Kier molecular flexibility index (Phi) is 5.80. The van der Waals surface area contributed by atoms with Crippen molar-refractivity contribution in [3.05, 3.63) is 53.6 Å². The molecular weight excluding hydrogens is 374 g/mol. The zero-order valence-electron chi connectivity index (χ0n) is 16.3. The van der Waals surface area contributed by atoms with E-state index in [0.717, 1.165) is 22.6 Å². The lowest BCUT2D eigenvalue weighted by Crippen LogP contribution is -2.26. The first-order valence-corrected chi connectivity index (χ1v) is 11.1. The maximum atomic E-state index is 11.9. The molecule has 1 heterocycles. The molecule has 0 aliphatic carbocycles. The van der Waals surface area contributed by atoms with Gasteiger partial charge >= 0.3 is 0 Å². The summed E-state index contributed by atoms with van der Waals surface area (Å²) in [5.41, 5.74) is 3.36. The highest BCUT2D eigenvalue weighted by Gasteiger charge is 2.39. The fourth-order valence-electron chi connectivity index (χ4n) is 3.68. The van der Waals surface area contributed by atoms with Crippen molar-refractivity contribution in [3.63, 3.8) is 0 Å². The minimum absolute atomic E-state index is 0.0111. The van der Waals surface area contributed by atoms with Crippen molar-refractivity contribution in [2.24, 2.45) is 0 Å². The highest BCUT2D eigenvalue weighted by molar-refractivity contribution is 7.92. The first-order valence-electron chi connectivity index (χ1n) is 9.47. The van der Waals surface area contributed by atoms with Crippen LogP contribution in [0.25, 0.3) is 0 Å². The Labute approximate surface area is 166 Å². The molecule has 0 amide bonds. The first-order chi connectivity index (χ1) is 13.4. The van der Waals surface area contributed by atoms with E-state index in [1.165, 1.54) is 0 Å². The number of nitrogens with one attached hydrogen (secondary N) is 1. The van der Waals surface area contributed by atoms with Crippen LogP contribution in [0.3, 0.4) is 0 Å². The number of sulfonamides is 1. The molecule has 3 rings (SSSR count). The molecular formula is C21H25N3O3S. The number of fused-ring (bicyclic) bond motifs is 1. The third-order valence-electron chi connectivity index (χ3n) is 4.99. The normalized spacial score (nSPS) is 18.4. The van der Waals surface area contributed by atoms with Crippen molar-refractivity contribution in [2.75, 3.05) is 28.5 Å². The predicted octanol–water partition coefficient (Wildman–Crippen LogP) is 4.04. The van der Waals surface area contributed by atoms with Gasteiger partial charge in [-0.25, -0.2) is 8.42 Å². The molecule has 0 saturated carbocycles. The molecule has 1 N–H and O–H groups in total. The van der Waals surface area contributed by atoms with E-state index in [1.54, 1.807) is 13.0 Å². The SMILES string of the molecule is CCOc1ccc(C2C(C#N)c3ccc(NS(=O)(=O)CC)cc3N2CC)cc1. The second-order valence-electron chi connectivity index (χ2n) is 6.62. The van der Waals surface area contributed by atoms with Crippen LogP contribution in [0.1, 0.15) is 43.9 Å². The van der Waals surface area contributed by atoms with Gasteiger partial charge in [-0.3, -0.25) is 4.72 Å². The minimum Gasteiger partial charge on any atom is -0.494 e. The number of hydrogen-bond donors (Lipinski definition) is 1. The number of nitriles is 1. The average molecular weight is 400 g/mol. The minimum atomic E-state index is -3.36. The van der Waals surface area contributed by atoms with Gasteiger partial charge in [-0.1, -0.05) is 18.2 Å². The lowest BCUT2D eigenvalue weighted by Gasteiger charge is -2.28. The van der Waals surface area contributed by atoms with Gasteiger partial charge in [0.05, 0.1) is 36.1 Å². The van der Waals surface area contributed by atoms with Crippen molar-refractivity contribution in [3.8, 4) is 11.8 Å². The molecule has 0 spiro atoms. The Morgan fingerprint density at radius 3 is 2.43 bits per heavy atom. The maximum absolute atomic E-state index is 11.9. The Morgan fingerprint density at radius 1 is 1.14 bits per heavy atom. The van der Waals surface area contributed by atoms with Crippen LogP contribution in [-0.4, -0.2) is 27.3 Å². The molecule has 1 aliphatic heterocycles. The van der Waals surface area contributed by atoms with E-state index in [4.69, 9.17) is 4.74 Å². The molecule has 0 aromatic heterocycles. The summed E-state index contributed by atoms with van der Waals surface area (Å²) >= 11 is 0. The fourth-order valence-corrected chi connectivity index (χ4v) is 4.31. The van der Waals surface area contributed by atoms with Crippen LogP contribution in [0.5, 0.6) is 5.75 Å². The zero-order valence-corrected chi connectivity index (χ0v) is 17.2. The topological polar surface area (TPSA) is 82.4 Å². The molecule has 2 aromatic rings. The van der Waals surface area contributed by atoms with Crippen molar-refractivity contribution in [1.82, 2.24) is 0 Å². The third kappa shape index (κ3) is 3.78. The number of anilines is 2. The predicted molar refractivity (Wildman–Crippen MR) is 111 cm³/mol. The number of ether oxygens (including phenoxy) is 1. The molecule has 0 fully saturated rings. The molecule has 6 nitrogen and oxygen atoms in total. The van der Waals surface area contributed by atoms with Crippen LogP contribution >= 0.6 is 0 Å². The highest BCUT2D eigenvalue weighted by atomic mass is 32.2. The van der Waals surface area contributed by atoms with E-state index >= 15 is 0 Å². The summed E-state index contributed by atoms with van der Waals surface area (Å²) in [4.78, 5) is 2.16. The van der Waals surface area contributed by atoms with Crippen molar-refractivity contribution in [1.29, 1.82) is 5.26 Å². The first kappa shape index (κ1) is 20.0. The van der Waals surface area contributed by atoms with E-state index < -0.39 is 10.0 Å². The van der Waals surface area contributed by atoms with Crippen LogP contribution in [0, 0.1) is 11.3 Å². The number of nitrogens with zero attached hydrogens (tertiary/aromatic N) is 2. The molecule has 0 saturated heterocycles. The molecule has 28 heavy (non-hydrogen) atoms. The van der Waals surface area contributed by atoms with Crippen LogP contribution in [-0.2, 0) is 10.0 Å². The summed E-state index contributed by atoms with van der Waals surface area (Å²) in [6.07, 6.45) is 0. The maximum Gasteiger partial charge on any atom is 0.232 e. The quantitative estimate of drug-likeness (QED) is 0.760. The molecule has 0 radical (unpaired) electrons. The second-order valence-corrected chi connectivity index (χ2v) is 8.63. The molecule has 2 aromatic carbocycles. The van der Waals surface area contributed by atoms with Gasteiger partial charge in [0, 0.05) is 12.2 Å². The van der Waals surface area contributed by atoms with Crippen LogP contribution < -0.4 is 14.4 Å². The Balaban J connectivity index is 1.99. The zero-order chi connectivity index (χ0) is 20.3. The lowest BCUT2D eigenvalue weighted by molar-refractivity contribution is 0.340. The van der Waals surface area contributed by atoms with Gasteiger partial charge in [0.2, 0.25) is 10.0 Å². The summed E-state index contributed by atoms with van der Waals surface area (Å²) in [5.74, 6) is 0.483. The smallest absolute Gasteiger partial charge is 0.232 e. The van der Waals surface area contributed by atoms with Gasteiger partial charge in [-0.05, 0) is 56.2 Å². The van der Waals surface area contributed by atoms with E-state index in [0.29, 0.717) is 18.8 Å². The van der Waals surface area contributed by atoms with Crippen molar-refractivity contribution >= 4 is 21.4 Å². The van der Waals surface area contributed by atoms with E-state index in [-0.39, 0.29) is 17.7 Å². The summed E-state index contributed by atoms with van der Waals surface area (Å²) in [7, 11) is -3.36. The molecule has 0 bridgehead atoms. The van der Waals surface area contributed by atoms with Crippen LogP contribution in [0.15, 0.2) is 42.5 Å². The third-order valence-corrected chi connectivity index (χ3v) is 6.30. The van der Waals surface area contributed by atoms with Gasteiger partial charge in [0.1, 0.15) is 5.75 Å². The monoisotopic (exact) mass is 399 g/mol. The highest BCUT2D eigenvalue weighted by Crippen LogP contribution is 2.49. The molecule has 2 unspecified atom stereocenters. The number of likely N-dealkylation sites (N-methyl/N-ethyl adjacent to an activating group) is 1. The summed E-state index contributed by atoms with van der Waals surface area (Å²) < 4.78 is 32.0. The molecule has 2 atom stereocenters. The van der Waals surface area contributed by atoms with E-state index in [2.05, 4.69) is 15.7 Å². The molecule has 148 valence electrons. The number of rotatable bonds is 7. The van der Waals surface area contributed by atoms with Gasteiger partial charge < -0.3 is 9.64 Å². The number of hydrogen-bond acceptors (Lipinski definition) is 5.